The molecule has 0 radical (unpaired) electrons. The van der Waals surface area contributed by atoms with Gasteiger partial charge in [-0.25, -0.2) is 8.78 Å². The molecule has 2 nitrogen and oxygen atoms in total. The molecule has 1 aromatic rings. The molecule has 1 rings (SSSR count). The minimum absolute atomic E-state index is 0.626. The van der Waals surface area contributed by atoms with Gasteiger partial charge in [0.25, 0.3) is 0 Å². The lowest BCUT2D eigenvalue weighted by Gasteiger charge is -2.17. The van der Waals surface area contributed by atoms with Gasteiger partial charge in [-0.2, -0.15) is 0 Å². The fraction of sp³-hybridized carbons (Fsp3) is 0.571. The summed E-state index contributed by atoms with van der Waals surface area (Å²) in [6.45, 7) is 7.74. The van der Waals surface area contributed by atoms with Gasteiger partial charge in [0.1, 0.15) is 0 Å². The Morgan fingerprint density at radius 2 is 1.94 bits per heavy atom. The third-order valence-electron chi connectivity index (χ3n) is 2.66. The van der Waals surface area contributed by atoms with Gasteiger partial charge in [0.15, 0.2) is 11.6 Å². The summed E-state index contributed by atoms with van der Waals surface area (Å²) in [6, 6.07) is 4.05. The standard InChI is InChI=1S/C14H22F2N2/c1-11(2)9-17-6-7-18(3)10-12-4-5-13(15)14(16)8-12/h4-5,8,11,17H,6-7,9-10H2,1-3H3. The normalized spacial score (nSPS) is 11.5. The molecule has 0 atom stereocenters. The molecule has 0 saturated carbocycles. The van der Waals surface area contributed by atoms with E-state index in [0.29, 0.717) is 12.5 Å². The Morgan fingerprint density at radius 3 is 2.56 bits per heavy atom. The van der Waals surface area contributed by atoms with Crippen LogP contribution >= 0.6 is 0 Å². The smallest absolute Gasteiger partial charge is 0.159 e. The number of halogens is 2. The summed E-state index contributed by atoms with van der Waals surface area (Å²) >= 11 is 0. The van der Waals surface area contributed by atoms with Crippen molar-refractivity contribution in [3.63, 3.8) is 0 Å². The van der Waals surface area contributed by atoms with Crippen molar-refractivity contribution in [2.24, 2.45) is 5.92 Å². The Bertz CT molecular complexity index is 367. The van der Waals surface area contributed by atoms with E-state index in [-0.39, 0.29) is 0 Å². The van der Waals surface area contributed by atoms with Gasteiger partial charge in [0.2, 0.25) is 0 Å². The van der Waals surface area contributed by atoms with Gasteiger partial charge in [-0.3, -0.25) is 0 Å². The summed E-state index contributed by atoms with van der Waals surface area (Å²) in [5.41, 5.74) is 0.792. The van der Waals surface area contributed by atoms with Gasteiger partial charge < -0.3 is 10.2 Å². The van der Waals surface area contributed by atoms with Crippen LogP contribution in [0.4, 0.5) is 8.78 Å². The van der Waals surface area contributed by atoms with Crippen LogP contribution < -0.4 is 5.32 Å². The van der Waals surface area contributed by atoms with Crippen LogP contribution in [0.5, 0.6) is 0 Å². The molecule has 0 aliphatic carbocycles. The summed E-state index contributed by atoms with van der Waals surface area (Å²) in [7, 11) is 1.97. The number of hydrogen-bond acceptors (Lipinski definition) is 2. The Morgan fingerprint density at radius 1 is 1.22 bits per heavy atom. The van der Waals surface area contributed by atoms with Crippen molar-refractivity contribution >= 4 is 0 Å². The minimum Gasteiger partial charge on any atom is -0.315 e. The maximum Gasteiger partial charge on any atom is 0.159 e. The zero-order valence-corrected chi connectivity index (χ0v) is 11.3. The number of benzene rings is 1. The summed E-state index contributed by atoms with van der Waals surface area (Å²) in [6.07, 6.45) is 0. The highest BCUT2D eigenvalue weighted by molar-refractivity contribution is 5.17. The fourth-order valence-electron chi connectivity index (χ4n) is 1.69. The molecular weight excluding hydrogens is 234 g/mol. The predicted molar refractivity (Wildman–Crippen MR) is 70.4 cm³/mol. The first-order valence-electron chi connectivity index (χ1n) is 6.32. The van der Waals surface area contributed by atoms with Gasteiger partial charge in [0.05, 0.1) is 0 Å². The van der Waals surface area contributed by atoms with Crippen molar-refractivity contribution in [1.82, 2.24) is 10.2 Å². The molecule has 0 aliphatic rings. The molecule has 0 aliphatic heterocycles. The van der Waals surface area contributed by atoms with E-state index in [1.165, 1.54) is 12.1 Å². The molecule has 1 aromatic carbocycles. The molecule has 1 N–H and O–H groups in total. The molecule has 0 unspecified atom stereocenters. The summed E-state index contributed by atoms with van der Waals surface area (Å²) in [4.78, 5) is 2.08. The molecule has 4 heteroatoms. The molecule has 0 spiro atoms. The van der Waals surface area contributed by atoms with Crippen molar-refractivity contribution in [2.75, 3.05) is 26.7 Å². The number of hydrogen-bond donors (Lipinski definition) is 1. The van der Waals surface area contributed by atoms with Crippen molar-refractivity contribution in [2.45, 2.75) is 20.4 Å². The van der Waals surface area contributed by atoms with E-state index in [0.717, 1.165) is 25.2 Å². The molecule has 0 heterocycles. The van der Waals surface area contributed by atoms with E-state index < -0.39 is 11.6 Å². The van der Waals surface area contributed by atoms with E-state index in [9.17, 15) is 8.78 Å². The van der Waals surface area contributed by atoms with Crippen molar-refractivity contribution in [1.29, 1.82) is 0 Å². The van der Waals surface area contributed by atoms with Crippen LogP contribution in [0.3, 0.4) is 0 Å². The highest BCUT2D eigenvalue weighted by atomic mass is 19.2. The first-order chi connectivity index (χ1) is 8.49. The number of nitrogens with one attached hydrogen (secondary N) is 1. The molecule has 0 amide bonds. The quantitative estimate of drug-likeness (QED) is 0.754. The monoisotopic (exact) mass is 256 g/mol. The zero-order valence-electron chi connectivity index (χ0n) is 11.3. The second-order valence-corrected chi connectivity index (χ2v) is 5.08. The average molecular weight is 256 g/mol. The highest BCUT2D eigenvalue weighted by Gasteiger charge is 2.05. The van der Waals surface area contributed by atoms with Crippen molar-refractivity contribution in [3.8, 4) is 0 Å². The summed E-state index contributed by atoms with van der Waals surface area (Å²) in [5.74, 6) is -0.930. The van der Waals surface area contributed by atoms with Crippen LogP contribution in [-0.2, 0) is 6.54 Å². The Labute approximate surface area is 108 Å². The molecule has 0 saturated heterocycles. The van der Waals surface area contributed by atoms with Gasteiger partial charge in [0, 0.05) is 19.6 Å². The summed E-state index contributed by atoms with van der Waals surface area (Å²) < 4.78 is 25.8. The SMILES string of the molecule is CC(C)CNCCN(C)Cc1ccc(F)c(F)c1. The van der Waals surface area contributed by atoms with Gasteiger partial charge in [-0.05, 0) is 37.2 Å². The van der Waals surface area contributed by atoms with Crippen LogP contribution in [0.2, 0.25) is 0 Å². The third-order valence-corrected chi connectivity index (χ3v) is 2.66. The molecule has 0 fully saturated rings. The molecule has 18 heavy (non-hydrogen) atoms. The van der Waals surface area contributed by atoms with Gasteiger partial charge in [-0.1, -0.05) is 19.9 Å². The molecular formula is C14H22F2N2. The molecule has 0 bridgehead atoms. The van der Waals surface area contributed by atoms with E-state index >= 15 is 0 Å². The minimum atomic E-state index is -0.792. The largest absolute Gasteiger partial charge is 0.315 e. The molecule has 102 valence electrons. The number of rotatable bonds is 7. The first-order valence-corrected chi connectivity index (χ1v) is 6.32. The lowest BCUT2D eigenvalue weighted by atomic mass is 10.2. The van der Waals surface area contributed by atoms with E-state index in [2.05, 4.69) is 24.1 Å². The zero-order chi connectivity index (χ0) is 13.5. The van der Waals surface area contributed by atoms with E-state index in [4.69, 9.17) is 0 Å². The maximum atomic E-state index is 13.0. The Balaban J connectivity index is 2.31. The lowest BCUT2D eigenvalue weighted by Crippen LogP contribution is -2.30. The number of nitrogens with zero attached hydrogens (tertiary/aromatic N) is 1. The summed E-state index contributed by atoms with van der Waals surface area (Å²) in [5, 5.41) is 3.35. The van der Waals surface area contributed by atoms with E-state index in [1.54, 1.807) is 6.07 Å². The fourth-order valence-corrected chi connectivity index (χ4v) is 1.69. The van der Waals surface area contributed by atoms with Gasteiger partial charge in [-0.15, -0.1) is 0 Å². The van der Waals surface area contributed by atoms with E-state index in [1.807, 2.05) is 7.05 Å². The topological polar surface area (TPSA) is 15.3 Å². The second kappa shape index (κ2) is 7.44. The average Bonchev–Trinajstić information content (AvgIpc) is 2.29. The highest BCUT2D eigenvalue weighted by Crippen LogP contribution is 2.10. The second-order valence-electron chi connectivity index (χ2n) is 5.08. The number of likely N-dealkylation sites (N-methyl/N-ethyl adjacent to an activating group) is 1. The van der Waals surface area contributed by atoms with Crippen LogP contribution in [0.15, 0.2) is 18.2 Å². The van der Waals surface area contributed by atoms with Crippen LogP contribution in [0.1, 0.15) is 19.4 Å². The lowest BCUT2D eigenvalue weighted by molar-refractivity contribution is 0.321. The Hall–Kier alpha value is -1.00. The van der Waals surface area contributed by atoms with Gasteiger partial charge >= 0.3 is 0 Å². The predicted octanol–water partition coefficient (Wildman–Crippen LogP) is 2.64. The Kier molecular flexibility index (Phi) is 6.22. The molecule has 0 aromatic heterocycles. The maximum absolute atomic E-state index is 13.0. The third kappa shape index (κ3) is 5.56. The first kappa shape index (κ1) is 15.1. The van der Waals surface area contributed by atoms with Crippen molar-refractivity contribution in [3.05, 3.63) is 35.4 Å². The van der Waals surface area contributed by atoms with Crippen molar-refractivity contribution < 1.29 is 8.78 Å². The van der Waals surface area contributed by atoms with Crippen LogP contribution in [-0.4, -0.2) is 31.6 Å². The van der Waals surface area contributed by atoms with Crippen LogP contribution in [0.25, 0.3) is 0 Å². The van der Waals surface area contributed by atoms with Crippen LogP contribution in [0, 0.1) is 17.6 Å².